The maximum Gasteiger partial charge on any atom is 0.282 e. The Hall–Kier alpha value is -0.170. The molecule has 0 atom stereocenters. The molecule has 0 aromatic rings. The average molecular weight is 246 g/mol. The summed E-state index contributed by atoms with van der Waals surface area (Å²) in [6, 6.07) is 0. The minimum atomic E-state index is -3.27. The van der Waals surface area contributed by atoms with Gasteiger partial charge in [0.1, 0.15) is 0 Å². The third-order valence-corrected chi connectivity index (χ3v) is 5.88. The van der Waals surface area contributed by atoms with Crippen LogP contribution in [0.2, 0.25) is 0 Å². The lowest BCUT2D eigenvalue weighted by atomic mass is 9.91. The summed E-state index contributed by atoms with van der Waals surface area (Å²) in [6.07, 6.45) is 4.02. The van der Waals surface area contributed by atoms with Crippen molar-refractivity contribution in [3.63, 3.8) is 0 Å². The van der Waals surface area contributed by atoms with E-state index < -0.39 is 15.8 Å². The van der Waals surface area contributed by atoms with Crippen molar-refractivity contribution in [3.05, 3.63) is 0 Å². The molecule has 2 aliphatic heterocycles. The van der Waals surface area contributed by atoms with Crippen molar-refractivity contribution in [2.24, 2.45) is 5.92 Å². The van der Waals surface area contributed by atoms with Gasteiger partial charge < -0.3 is 5.11 Å². The van der Waals surface area contributed by atoms with Gasteiger partial charge in [-0.05, 0) is 31.6 Å². The van der Waals surface area contributed by atoms with Crippen molar-refractivity contribution in [2.45, 2.75) is 31.3 Å². The third kappa shape index (κ3) is 1.59. The quantitative estimate of drug-likeness (QED) is 0.749. The molecule has 16 heavy (non-hydrogen) atoms. The van der Waals surface area contributed by atoms with Crippen LogP contribution in [0.4, 0.5) is 0 Å². The minimum absolute atomic E-state index is 0.302. The molecule has 3 rings (SSSR count). The maximum absolute atomic E-state index is 12.1. The molecule has 6 heteroatoms. The monoisotopic (exact) mass is 246 g/mol. The summed E-state index contributed by atoms with van der Waals surface area (Å²) in [5.74, 6) is 0.345. The largest absolute Gasteiger partial charge is 0.387 e. The lowest BCUT2D eigenvalue weighted by Crippen LogP contribution is -2.66. The number of aliphatic hydroxyl groups is 1. The van der Waals surface area contributed by atoms with Crippen molar-refractivity contribution in [2.75, 3.05) is 26.2 Å². The van der Waals surface area contributed by atoms with Crippen LogP contribution in [0, 0.1) is 5.92 Å². The fraction of sp³-hybridized carbons (Fsp3) is 1.00. The zero-order valence-electron chi connectivity index (χ0n) is 9.30. The van der Waals surface area contributed by atoms with Crippen LogP contribution in [-0.4, -0.2) is 53.9 Å². The molecule has 1 aliphatic carbocycles. The Morgan fingerprint density at radius 2 is 1.62 bits per heavy atom. The van der Waals surface area contributed by atoms with Gasteiger partial charge in [0.05, 0.1) is 5.60 Å². The Labute approximate surface area is 96.2 Å². The van der Waals surface area contributed by atoms with Crippen LogP contribution < -0.4 is 0 Å². The first-order valence-electron chi connectivity index (χ1n) is 6.00. The predicted octanol–water partition coefficient (Wildman–Crippen LogP) is -0.216. The topological polar surface area (TPSA) is 60.9 Å². The van der Waals surface area contributed by atoms with Crippen molar-refractivity contribution in [3.8, 4) is 0 Å². The molecule has 0 bridgehead atoms. The first kappa shape index (κ1) is 11.0. The molecule has 1 saturated carbocycles. The fourth-order valence-corrected chi connectivity index (χ4v) is 4.51. The summed E-state index contributed by atoms with van der Waals surface area (Å²) in [5, 5.41) is 10.1. The standard InChI is InChI=1S/C10H18N2O3S/c13-10(9-3-4-9)7-12(8-10)16(14,15)11-5-1-2-6-11/h9,13H,1-8H2. The van der Waals surface area contributed by atoms with Gasteiger partial charge in [-0.25, -0.2) is 0 Å². The van der Waals surface area contributed by atoms with Gasteiger partial charge in [-0.2, -0.15) is 17.0 Å². The smallest absolute Gasteiger partial charge is 0.282 e. The van der Waals surface area contributed by atoms with E-state index in [2.05, 4.69) is 0 Å². The van der Waals surface area contributed by atoms with E-state index in [1.807, 2.05) is 0 Å². The van der Waals surface area contributed by atoms with Gasteiger partial charge in [0.2, 0.25) is 0 Å². The summed E-state index contributed by atoms with van der Waals surface area (Å²) in [7, 11) is -3.27. The summed E-state index contributed by atoms with van der Waals surface area (Å²) in [4.78, 5) is 0. The summed E-state index contributed by atoms with van der Waals surface area (Å²) >= 11 is 0. The Morgan fingerprint density at radius 1 is 1.06 bits per heavy atom. The SMILES string of the molecule is O=S(=O)(N1CCCC1)N1CC(O)(C2CC2)C1. The van der Waals surface area contributed by atoms with Crippen LogP contribution in [0.5, 0.6) is 0 Å². The van der Waals surface area contributed by atoms with Gasteiger partial charge in [-0.3, -0.25) is 0 Å². The van der Waals surface area contributed by atoms with Crippen LogP contribution in [-0.2, 0) is 10.2 Å². The van der Waals surface area contributed by atoms with E-state index >= 15 is 0 Å². The van der Waals surface area contributed by atoms with Crippen LogP contribution in [0.15, 0.2) is 0 Å². The molecule has 0 radical (unpaired) electrons. The number of hydrogen-bond donors (Lipinski definition) is 1. The van der Waals surface area contributed by atoms with Crippen LogP contribution in [0.1, 0.15) is 25.7 Å². The molecule has 1 N–H and O–H groups in total. The molecular weight excluding hydrogens is 228 g/mol. The molecule has 3 aliphatic rings. The zero-order valence-corrected chi connectivity index (χ0v) is 10.1. The Balaban J connectivity index is 1.66. The van der Waals surface area contributed by atoms with Crippen LogP contribution >= 0.6 is 0 Å². The summed E-state index contributed by atoms with van der Waals surface area (Å²) in [6.45, 7) is 1.88. The molecule has 3 fully saturated rings. The second-order valence-electron chi connectivity index (χ2n) is 5.26. The minimum Gasteiger partial charge on any atom is -0.387 e. The average Bonchev–Trinajstić information content (AvgIpc) is 2.88. The second-order valence-corrected chi connectivity index (χ2v) is 7.19. The van der Waals surface area contributed by atoms with E-state index in [1.54, 1.807) is 4.31 Å². The molecule has 2 saturated heterocycles. The summed E-state index contributed by atoms with van der Waals surface area (Å²) in [5.41, 5.74) is -0.715. The molecular formula is C10H18N2O3S. The molecule has 0 amide bonds. The van der Waals surface area contributed by atoms with Crippen molar-refractivity contribution >= 4 is 10.2 Å². The highest BCUT2D eigenvalue weighted by atomic mass is 32.2. The first-order chi connectivity index (χ1) is 7.52. The van der Waals surface area contributed by atoms with Crippen LogP contribution in [0.25, 0.3) is 0 Å². The third-order valence-electron chi connectivity index (χ3n) is 3.96. The maximum atomic E-state index is 12.1. The van der Waals surface area contributed by atoms with E-state index in [4.69, 9.17) is 0 Å². The van der Waals surface area contributed by atoms with Crippen LogP contribution in [0.3, 0.4) is 0 Å². The van der Waals surface area contributed by atoms with Gasteiger partial charge in [0.15, 0.2) is 0 Å². The highest BCUT2D eigenvalue weighted by molar-refractivity contribution is 7.86. The van der Waals surface area contributed by atoms with Gasteiger partial charge in [-0.15, -0.1) is 0 Å². The highest BCUT2D eigenvalue weighted by Crippen LogP contribution is 2.45. The van der Waals surface area contributed by atoms with E-state index in [0.29, 0.717) is 32.1 Å². The van der Waals surface area contributed by atoms with Gasteiger partial charge in [0.25, 0.3) is 10.2 Å². The lowest BCUT2D eigenvalue weighted by molar-refractivity contribution is -0.0782. The molecule has 0 unspecified atom stereocenters. The molecule has 0 aromatic carbocycles. The Kier molecular flexibility index (Phi) is 2.34. The highest BCUT2D eigenvalue weighted by Gasteiger charge is 2.56. The Morgan fingerprint density at radius 3 is 2.12 bits per heavy atom. The van der Waals surface area contributed by atoms with E-state index in [1.165, 1.54) is 4.31 Å². The molecule has 0 aromatic heterocycles. The van der Waals surface area contributed by atoms with E-state index in [0.717, 1.165) is 25.7 Å². The zero-order chi connectivity index (χ0) is 11.4. The molecule has 2 heterocycles. The molecule has 0 spiro atoms. The molecule has 5 nitrogen and oxygen atoms in total. The lowest BCUT2D eigenvalue weighted by Gasteiger charge is -2.46. The number of nitrogens with zero attached hydrogens (tertiary/aromatic N) is 2. The fourth-order valence-electron chi connectivity index (χ4n) is 2.69. The van der Waals surface area contributed by atoms with Crippen molar-refractivity contribution in [1.29, 1.82) is 0 Å². The van der Waals surface area contributed by atoms with E-state index in [-0.39, 0.29) is 0 Å². The van der Waals surface area contributed by atoms with Gasteiger partial charge in [0, 0.05) is 26.2 Å². The van der Waals surface area contributed by atoms with Crippen molar-refractivity contribution in [1.82, 2.24) is 8.61 Å². The van der Waals surface area contributed by atoms with Crippen molar-refractivity contribution < 1.29 is 13.5 Å². The second kappa shape index (κ2) is 3.41. The van der Waals surface area contributed by atoms with Gasteiger partial charge in [-0.1, -0.05) is 0 Å². The number of hydrogen-bond acceptors (Lipinski definition) is 3. The molecule has 92 valence electrons. The normalized spacial score (nSPS) is 31.6. The first-order valence-corrected chi connectivity index (χ1v) is 7.40. The summed E-state index contributed by atoms with van der Waals surface area (Å²) < 4.78 is 27.1. The van der Waals surface area contributed by atoms with Gasteiger partial charge >= 0.3 is 0 Å². The predicted molar refractivity (Wildman–Crippen MR) is 59.0 cm³/mol. The number of rotatable bonds is 3. The number of β-amino-alcohol motifs (C(OH)–C–C–N with tert-alkyl or cyclic N) is 1. The van der Waals surface area contributed by atoms with E-state index in [9.17, 15) is 13.5 Å². The Bertz CT molecular complexity index is 379.